The van der Waals surface area contributed by atoms with Gasteiger partial charge in [0.15, 0.2) is 0 Å². The number of hydrogen-bond donors (Lipinski definition) is 1. The molecule has 0 radical (unpaired) electrons. The van der Waals surface area contributed by atoms with Crippen LogP contribution in [0.25, 0.3) is 0 Å². The van der Waals surface area contributed by atoms with Gasteiger partial charge in [0.1, 0.15) is 12.6 Å². The number of sulfonamides is 1. The maximum absolute atomic E-state index is 14.3. The van der Waals surface area contributed by atoms with Gasteiger partial charge in [0, 0.05) is 12.6 Å². The highest BCUT2D eigenvalue weighted by Gasteiger charge is 2.34. The van der Waals surface area contributed by atoms with E-state index in [4.69, 9.17) is 0 Å². The predicted octanol–water partition coefficient (Wildman–Crippen LogP) is 5.93. The molecule has 0 aliphatic heterocycles. The molecule has 1 N–H and O–H groups in total. The summed E-state index contributed by atoms with van der Waals surface area (Å²) in [7, 11) is -4.10. The van der Waals surface area contributed by atoms with Gasteiger partial charge in [-0.15, -0.1) is 0 Å². The zero-order chi connectivity index (χ0) is 30.3. The fourth-order valence-corrected chi connectivity index (χ4v) is 6.98. The van der Waals surface area contributed by atoms with Crippen LogP contribution in [0.1, 0.15) is 68.2 Å². The summed E-state index contributed by atoms with van der Waals surface area (Å²) in [5.41, 5.74) is 4.12. The smallest absolute Gasteiger partial charge is 0.264 e. The minimum Gasteiger partial charge on any atom is -0.352 e. The van der Waals surface area contributed by atoms with Crippen LogP contribution < -0.4 is 9.62 Å². The van der Waals surface area contributed by atoms with Crippen LogP contribution in [0.4, 0.5) is 5.69 Å². The average Bonchev–Trinajstić information content (AvgIpc) is 2.99. The van der Waals surface area contributed by atoms with Crippen molar-refractivity contribution < 1.29 is 18.0 Å². The van der Waals surface area contributed by atoms with Crippen molar-refractivity contribution in [3.63, 3.8) is 0 Å². The molecule has 1 aliphatic carbocycles. The Labute approximate surface area is 251 Å². The Morgan fingerprint density at radius 3 is 2.14 bits per heavy atom. The largest absolute Gasteiger partial charge is 0.352 e. The monoisotopic (exact) mass is 589 g/mol. The van der Waals surface area contributed by atoms with Crippen LogP contribution >= 0.6 is 0 Å². The number of nitrogens with zero attached hydrogens (tertiary/aromatic N) is 2. The average molecular weight is 590 g/mol. The van der Waals surface area contributed by atoms with Crippen LogP contribution in [0, 0.1) is 13.8 Å². The molecule has 0 heterocycles. The van der Waals surface area contributed by atoms with E-state index in [9.17, 15) is 18.0 Å². The molecule has 0 unspecified atom stereocenters. The highest BCUT2D eigenvalue weighted by molar-refractivity contribution is 7.92. The lowest BCUT2D eigenvalue weighted by atomic mass is 9.95. The fraction of sp³-hybridized carbons (Fsp3) is 0.412. The molecule has 2 amide bonds. The quantitative estimate of drug-likeness (QED) is 0.301. The molecule has 7 nitrogen and oxygen atoms in total. The van der Waals surface area contributed by atoms with E-state index in [1.165, 1.54) is 15.6 Å². The third-order valence-corrected chi connectivity index (χ3v) is 10.0. The van der Waals surface area contributed by atoms with Gasteiger partial charge in [0.05, 0.1) is 10.6 Å². The highest BCUT2D eigenvalue weighted by atomic mass is 32.2. The lowest BCUT2D eigenvalue weighted by Gasteiger charge is -2.34. The molecule has 8 heteroatoms. The van der Waals surface area contributed by atoms with Crippen LogP contribution in [0.2, 0.25) is 0 Å². The number of amides is 2. The molecule has 0 bridgehead atoms. The zero-order valence-electron chi connectivity index (χ0n) is 25.2. The van der Waals surface area contributed by atoms with Gasteiger partial charge in [0.25, 0.3) is 10.0 Å². The summed E-state index contributed by atoms with van der Waals surface area (Å²) in [6, 6.07) is 21.0. The summed E-state index contributed by atoms with van der Waals surface area (Å²) in [5.74, 6) is -0.656. The van der Waals surface area contributed by atoms with Gasteiger partial charge in [0.2, 0.25) is 11.8 Å². The van der Waals surface area contributed by atoms with E-state index in [2.05, 4.69) is 5.32 Å². The third-order valence-electron chi connectivity index (χ3n) is 8.25. The summed E-state index contributed by atoms with van der Waals surface area (Å²) in [6.07, 6.45) is 5.78. The lowest BCUT2D eigenvalue weighted by molar-refractivity contribution is -0.139. The van der Waals surface area contributed by atoms with Gasteiger partial charge in [-0.05, 0) is 74.9 Å². The molecule has 0 aromatic heterocycles. The number of anilines is 1. The minimum absolute atomic E-state index is 0.0963. The number of carbonyl (C=O) groups excluding carboxylic acids is 2. The van der Waals surface area contributed by atoms with Gasteiger partial charge in [-0.1, -0.05) is 86.3 Å². The maximum Gasteiger partial charge on any atom is 0.264 e. The normalized spacial score (nSPS) is 14.7. The van der Waals surface area contributed by atoms with E-state index >= 15 is 0 Å². The Hall–Kier alpha value is -3.65. The van der Waals surface area contributed by atoms with Crippen molar-refractivity contribution in [2.75, 3.05) is 10.8 Å². The standard InChI is InChI=1S/C34H43N3O4S/c1-5-28-14-11-12-18-32(28)37(42(40,41)31-21-19-25(2)20-22-31)24-33(38)36(23-29-15-10-9-13-26(29)3)27(4)34(39)35-30-16-7-6-8-17-30/h9-15,18-22,27,30H,5-8,16-17,23-24H2,1-4H3,(H,35,39)/t27-/m0/s1. The molecule has 0 spiro atoms. The summed E-state index contributed by atoms with van der Waals surface area (Å²) in [6.45, 7) is 7.31. The first-order valence-corrected chi connectivity index (χ1v) is 16.4. The fourth-order valence-electron chi connectivity index (χ4n) is 5.53. The first-order chi connectivity index (χ1) is 20.1. The van der Waals surface area contributed by atoms with Gasteiger partial charge >= 0.3 is 0 Å². The Balaban J connectivity index is 1.71. The Morgan fingerprint density at radius 2 is 1.50 bits per heavy atom. The Morgan fingerprint density at radius 1 is 0.881 bits per heavy atom. The van der Waals surface area contributed by atoms with Crippen molar-refractivity contribution in [2.24, 2.45) is 0 Å². The molecule has 1 fully saturated rings. The number of carbonyl (C=O) groups is 2. The van der Waals surface area contributed by atoms with E-state index in [0.29, 0.717) is 12.1 Å². The van der Waals surface area contributed by atoms with Crippen molar-refractivity contribution in [3.05, 3.63) is 95.1 Å². The number of hydrogen-bond acceptors (Lipinski definition) is 4. The summed E-state index contributed by atoms with van der Waals surface area (Å²) in [4.78, 5) is 29.4. The molecule has 42 heavy (non-hydrogen) atoms. The van der Waals surface area contributed by atoms with E-state index < -0.39 is 28.5 Å². The first kappa shape index (κ1) is 31.3. The minimum atomic E-state index is -4.10. The van der Waals surface area contributed by atoms with Crippen LogP contribution in [0.3, 0.4) is 0 Å². The van der Waals surface area contributed by atoms with Crippen LogP contribution in [0.5, 0.6) is 0 Å². The Kier molecular flexibility index (Phi) is 10.4. The van der Waals surface area contributed by atoms with Gasteiger partial charge < -0.3 is 10.2 Å². The van der Waals surface area contributed by atoms with Gasteiger partial charge in [-0.25, -0.2) is 8.42 Å². The Bertz CT molecular complexity index is 1480. The second-order valence-electron chi connectivity index (χ2n) is 11.3. The van der Waals surface area contributed by atoms with E-state index in [1.54, 1.807) is 43.3 Å². The van der Waals surface area contributed by atoms with Crippen molar-refractivity contribution in [2.45, 2.75) is 89.7 Å². The predicted molar refractivity (Wildman–Crippen MR) is 168 cm³/mol. The number of aryl methyl sites for hydroxylation is 3. The number of benzene rings is 3. The van der Waals surface area contributed by atoms with Crippen LogP contribution in [0.15, 0.2) is 77.7 Å². The summed E-state index contributed by atoms with van der Waals surface area (Å²) < 4.78 is 29.5. The van der Waals surface area contributed by atoms with Gasteiger partial charge in [-0.3, -0.25) is 13.9 Å². The van der Waals surface area contributed by atoms with E-state index in [0.717, 1.165) is 47.9 Å². The summed E-state index contributed by atoms with van der Waals surface area (Å²) >= 11 is 0. The maximum atomic E-state index is 14.3. The molecule has 3 aromatic carbocycles. The SMILES string of the molecule is CCc1ccccc1N(CC(=O)N(Cc1ccccc1C)[C@@H](C)C(=O)NC1CCCCC1)S(=O)(=O)c1ccc(C)cc1. The molecular weight excluding hydrogens is 546 g/mol. The van der Waals surface area contributed by atoms with Crippen LogP contribution in [-0.2, 0) is 32.6 Å². The van der Waals surface area contributed by atoms with Gasteiger partial charge in [-0.2, -0.15) is 0 Å². The lowest BCUT2D eigenvalue weighted by Crippen LogP contribution is -2.53. The second kappa shape index (κ2) is 14.0. The molecule has 1 aliphatic rings. The molecule has 1 saturated carbocycles. The second-order valence-corrected chi connectivity index (χ2v) is 13.1. The molecule has 3 aromatic rings. The van der Waals surface area contributed by atoms with E-state index in [-0.39, 0.29) is 23.4 Å². The molecule has 224 valence electrons. The number of nitrogens with one attached hydrogen (secondary N) is 1. The number of para-hydroxylation sites is 1. The van der Waals surface area contributed by atoms with Crippen molar-refractivity contribution in [3.8, 4) is 0 Å². The number of rotatable bonds is 11. The highest BCUT2D eigenvalue weighted by Crippen LogP contribution is 2.28. The van der Waals surface area contributed by atoms with Crippen molar-refractivity contribution in [1.29, 1.82) is 0 Å². The van der Waals surface area contributed by atoms with Crippen molar-refractivity contribution in [1.82, 2.24) is 10.2 Å². The van der Waals surface area contributed by atoms with Crippen LogP contribution in [-0.4, -0.2) is 43.8 Å². The third kappa shape index (κ3) is 7.40. The zero-order valence-corrected chi connectivity index (χ0v) is 26.0. The molecule has 1 atom stereocenters. The summed E-state index contributed by atoms with van der Waals surface area (Å²) in [5, 5.41) is 3.15. The molecular formula is C34H43N3O4S. The van der Waals surface area contributed by atoms with E-state index in [1.807, 2.05) is 57.2 Å². The molecule has 0 saturated heterocycles. The van der Waals surface area contributed by atoms with Crippen molar-refractivity contribution >= 4 is 27.5 Å². The molecule has 4 rings (SSSR count). The first-order valence-electron chi connectivity index (χ1n) is 14.9. The topological polar surface area (TPSA) is 86.8 Å².